The number of fused-ring (bicyclic) bond motifs is 1. The average molecular weight is 211 g/mol. The fourth-order valence-electron chi connectivity index (χ4n) is 3.11. The Balaban J connectivity index is 1.83. The first kappa shape index (κ1) is 10.8. The molecular formula is C12H21NO2. The van der Waals surface area contributed by atoms with E-state index in [9.17, 15) is 4.79 Å². The monoisotopic (exact) mass is 211 g/mol. The first-order valence-electron chi connectivity index (χ1n) is 5.90. The molecular weight excluding hydrogens is 190 g/mol. The summed E-state index contributed by atoms with van der Waals surface area (Å²) in [6.45, 7) is 2.88. The Morgan fingerprint density at radius 1 is 1.33 bits per heavy atom. The van der Waals surface area contributed by atoms with E-state index in [1.807, 2.05) is 0 Å². The lowest BCUT2D eigenvalue weighted by atomic mass is 10.0. The van der Waals surface area contributed by atoms with Gasteiger partial charge in [-0.15, -0.1) is 0 Å². The number of ether oxygens (including phenoxy) is 1. The van der Waals surface area contributed by atoms with Crippen LogP contribution in [0, 0.1) is 17.3 Å². The fourth-order valence-corrected chi connectivity index (χ4v) is 3.11. The predicted molar refractivity (Wildman–Crippen MR) is 58.6 cm³/mol. The molecule has 1 amide bonds. The van der Waals surface area contributed by atoms with Crippen molar-refractivity contribution in [3.8, 4) is 0 Å². The summed E-state index contributed by atoms with van der Waals surface area (Å²) in [5.41, 5.74) is 0.294. The van der Waals surface area contributed by atoms with Crippen LogP contribution >= 0.6 is 0 Å². The molecule has 0 aromatic rings. The van der Waals surface area contributed by atoms with Crippen LogP contribution in [-0.2, 0) is 4.74 Å². The molecule has 2 fully saturated rings. The van der Waals surface area contributed by atoms with E-state index in [2.05, 4.69) is 6.92 Å². The summed E-state index contributed by atoms with van der Waals surface area (Å²) in [7, 11) is 3.45. The molecule has 0 spiro atoms. The van der Waals surface area contributed by atoms with Crippen LogP contribution in [0.15, 0.2) is 0 Å². The minimum atomic E-state index is -0.208. The number of hydrogen-bond acceptors (Lipinski definition) is 2. The molecule has 2 saturated carbocycles. The third-order valence-corrected chi connectivity index (χ3v) is 4.22. The zero-order valence-electron chi connectivity index (χ0n) is 9.95. The maximum absolute atomic E-state index is 11.3. The smallest absolute Gasteiger partial charge is 0.409 e. The summed E-state index contributed by atoms with van der Waals surface area (Å²) in [6, 6.07) is 0. The highest BCUT2D eigenvalue weighted by atomic mass is 16.6. The zero-order chi connectivity index (χ0) is 11.1. The molecule has 15 heavy (non-hydrogen) atoms. The van der Waals surface area contributed by atoms with Gasteiger partial charge in [0.25, 0.3) is 0 Å². The highest BCUT2D eigenvalue weighted by molar-refractivity contribution is 5.66. The Hall–Kier alpha value is -0.730. The number of nitrogens with zero attached hydrogens (tertiary/aromatic N) is 1. The third-order valence-electron chi connectivity index (χ3n) is 4.22. The average Bonchev–Trinajstić information content (AvgIpc) is 2.83. The normalized spacial score (nSPS) is 38.1. The second-order valence-corrected chi connectivity index (χ2v) is 5.45. The maximum Gasteiger partial charge on any atom is 0.409 e. The zero-order valence-corrected chi connectivity index (χ0v) is 9.95. The molecule has 2 aliphatic rings. The van der Waals surface area contributed by atoms with Crippen molar-refractivity contribution in [1.82, 2.24) is 4.90 Å². The molecule has 3 heteroatoms. The summed E-state index contributed by atoms with van der Waals surface area (Å²) in [6.07, 6.45) is 5.18. The molecule has 0 aromatic carbocycles. The lowest BCUT2D eigenvalue weighted by Crippen LogP contribution is -2.25. The molecule has 0 aromatic heterocycles. The molecule has 86 valence electrons. The predicted octanol–water partition coefficient (Wildman–Crippen LogP) is 2.51. The highest BCUT2D eigenvalue weighted by Crippen LogP contribution is 2.65. The van der Waals surface area contributed by atoms with Gasteiger partial charge in [-0.1, -0.05) is 19.8 Å². The summed E-state index contributed by atoms with van der Waals surface area (Å²) in [5, 5.41) is 0. The number of hydrogen-bond donors (Lipinski definition) is 0. The molecule has 3 atom stereocenters. The third kappa shape index (κ3) is 1.84. The largest absolute Gasteiger partial charge is 0.449 e. The molecule has 2 aliphatic carbocycles. The Bertz CT molecular complexity index is 250. The van der Waals surface area contributed by atoms with Crippen LogP contribution in [0.25, 0.3) is 0 Å². The molecule has 0 heterocycles. The van der Waals surface area contributed by atoms with Crippen LogP contribution in [-0.4, -0.2) is 31.7 Å². The Labute approximate surface area is 91.8 Å². The van der Waals surface area contributed by atoms with E-state index in [1.54, 1.807) is 14.1 Å². The van der Waals surface area contributed by atoms with E-state index in [0.717, 1.165) is 11.8 Å². The van der Waals surface area contributed by atoms with Gasteiger partial charge in [0.2, 0.25) is 0 Å². The van der Waals surface area contributed by atoms with Gasteiger partial charge in [-0.25, -0.2) is 4.79 Å². The second-order valence-electron chi connectivity index (χ2n) is 5.45. The Morgan fingerprint density at radius 3 is 2.33 bits per heavy atom. The van der Waals surface area contributed by atoms with Crippen LogP contribution in [0.3, 0.4) is 0 Å². The summed E-state index contributed by atoms with van der Waals surface area (Å²) >= 11 is 0. The number of amides is 1. The van der Waals surface area contributed by atoms with Gasteiger partial charge >= 0.3 is 6.09 Å². The summed E-state index contributed by atoms with van der Waals surface area (Å²) in [4.78, 5) is 12.8. The van der Waals surface area contributed by atoms with E-state index < -0.39 is 0 Å². The molecule has 1 unspecified atom stereocenters. The van der Waals surface area contributed by atoms with E-state index in [1.165, 1.54) is 30.6 Å². The van der Waals surface area contributed by atoms with Crippen molar-refractivity contribution in [3.05, 3.63) is 0 Å². The molecule has 3 nitrogen and oxygen atoms in total. The maximum atomic E-state index is 11.3. The van der Waals surface area contributed by atoms with Crippen LogP contribution in [0.4, 0.5) is 4.79 Å². The van der Waals surface area contributed by atoms with Crippen LogP contribution < -0.4 is 0 Å². The highest BCUT2D eigenvalue weighted by Gasteiger charge is 2.61. The molecule has 0 N–H and O–H groups in total. The first-order valence-corrected chi connectivity index (χ1v) is 5.90. The minimum absolute atomic E-state index is 0.208. The van der Waals surface area contributed by atoms with Crippen molar-refractivity contribution in [1.29, 1.82) is 0 Å². The second kappa shape index (κ2) is 3.69. The van der Waals surface area contributed by atoms with Crippen molar-refractivity contribution in [2.24, 2.45) is 17.3 Å². The quantitative estimate of drug-likeness (QED) is 0.702. The van der Waals surface area contributed by atoms with E-state index in [-0.39, 0.29) is 6.09 Å². The fraction of sp³-hybridized carbons (Fsp3) is 0.917. The lowest BCUT2D eigenvalue weighted by Gasteiger charge is -2.15. The molecule has 0 bridgehead atoms. The first-order chi connectivity index (χ1) is 7.05. The molecule has 0 radical (unpaired) electrons. The Morgan fingerprint density at radius 2 is 1.87 bits per heavy atom. The number of rotatable bonds is 2. The van der Waals surface area contributed by atoms with Gasteiger partial charge in [-0.05, 0) is 24.7 Å². The SMILES string of the molecule is CN(C)C(=O)OCC1(C)[C@@H]2CCCC[C@@H]21. The van der Waals surface area contributed by atoms with Crippen molar-refractivity contribution in [3.63, 3.8) is 0 Å². The Kier molecular flexibility index (Phi) is 2.65. The van der Waals surface area contributed by atoms with Gasteiger partial charge in [0.15, 0.2) is 0 Å². The van der Waals surface area contributed by atoms with E-state index in [0.29, 0.717) is 12.0 Å². The van der Waals surface area contributed by atoms with Crippen LogP contribution in [0.5, 0.6) is 0 Å². The van der Waals surface area contributed by atoms with Gasteiger partial charge < -0.3 is 9.64 Å². The van der Waals surface area contributed by atoms with E-state index >= 15 is 0 Å². The standard InChI is InChI=1S/C12H21NO2/c1-12(8-15-11(14)13(2)3)9-6-4-5-7-10(9)12/h9-10H,4-8H2,1-3H3/t9-,10+,12?. The number of carbonyl (C=O) groups excluding carboxylic acids is 1. The summed E-state index contributed by atoms with van der Waals surface area (Å²) < 4.78 is 5.31. The number of carbonyl (C=O) groups is 1. The van der Waals surface area contributed by atoms with Crippen molar-refractivity contribution >= 4 is 6.09 Å². The van der Waals surface area contributed by atoms with Crippen molar-refractivity contribution in [2.75, 3.05) is 20.7 Å². The van der Waals surface area contributed by atoms with Crippen molar-refractivity contribution < 1.29 is 9.53 Å². The van der Waals surface area contributed by atoms with Gasteiger partial charge in [-0.2, -0.15) is 0 Å². The van der Waals surface area contributed by atoms with Gasteiger partial charge in [0.1, 0.15) is 0 Å². The molecule has 0 aliphatic heterocycles. The molecule has 0 saturated heterocycles. The topological polar surface area (TPSA) is 29.5 Å². The van der Waals surface area contributed by atoms with Crippen LogP contribution in [0.2, 0.25) is 0 Å². The van der Waals surface area contributed by atoms with Gasteiger partial charge in [-0.3, -0.25) is 0 Å². The lowest BCUT2D eigenvalue weighted by molar-refractivity contribution is 0.0937. The minimum Gasteiger partial charge on any atom is -0.449 e. The van der Waals surface area contributed by atoms with Gasteiger partial charge in [0.05, 0.1) is 6.61 Å². The van der Waals surface area contributed by atoms with Crippen LogP contribution in [0.1, 0.15) is 32.6 Å². The van der Waals surface area contributed by atoms with Gasteiger partial charge in [0, 0.05) is 19.5 Å². The van der Waals surface area contributed by atoms with Crippen molar-refractivity contribution in [2.45, 2.75) is 32.6 Å². The summed E-state index contributed by atoms with van der Waals surface area (Å²) in [5.74, 6) is 1.64. The van der Waals surface area contributed by atoms with E-state index in [4.69, 9.17) is 4.74 Å². The molecule has 2 rings (SSSR count).